The second-order valence-electron chi connectivity index (χ2n) is 9.85. The number of allylic oxidation sites excluding steroid dienone is 1. The molecule has 2 unspecified atom stereocenters. The van der Waals surface area contributed by atoms with E-state index in [1.165, 1.54) is 19.3 Å². The lowest BCUT2D eigenvalue weighted by atomic mass is 9.77. The van der Waals surface area contributed by atoms with Gasteiger partial charge in [0.1, 0.15) is 17.4 Å². The molecule has 1 N–H and O–H groups in total. The monoisotopic (exact) mass is 397 g/mol. The standard InChI is InChI=1S/C23H32FN5/c1-15(13-23(2,3)4)16-7-6-12-29(14-16)19-10-9-18(24)21(26-19)20-17-8-5-11-25-22(17)28-27-20/h5,8,11,15-16H,6-7,9-10,12-14H2,1-4H3,(H,25,27,28). The number of pyridine rings is 1. The lowest BCUT2D eigenvalue weighted by molar-refractivity contribution is 0.161. The Kier molecular flexibility index (Phi) is 5.45. The van der Waals surface area contributed by atoms with E-state index in [1.807, 2.05) is 12.1 Å². The van der Waals surface area contributed by atoms with E-state index in [1.54, 1.807) is 6.20 Å². The minimum absolute atomic E-state index is 0.169. The summed E-state index contributed by atoms with van der Waals surface area (Å²) in [6.45, 7) is 11.4. The molecule has 1 saturated heterocycles. The topological polar surface area (TPSA) is 57.2 Å². The van der Waals surface area contributed by atoms with E-state index < -0.39 is 0 Å². The fourth-order valence-corrected chi connectivity index (χ4v) is 4.88. The number of nitrogens with one attached hydrogen (secondary N) is 1. The van der Waals surface area contributed by atoms with Crippen molar-refractivity contribution in [1.82, 2.24) is 20.1 Å². The molecule has 5 nitrogen and oxygen atoms in total. The Labute approximate surface area is 172 Å². The lowest BCUT2D eigenvalue weighted by Gasteiger charge is -2.39. The summed E-state index contributed by atoms with van der Waals surface area (Å²) in [5.41, 5.74) is 1.97. The van der Waals surface area contributed by atoms with Crippen LogP contribution < -0.4 is 0 Å². The van der Waals surface area contributed by atoms with Crippen LogP contribution in [0.5, 0.6) is 0 Å². The average Bonchev–Trinajstić information content (AvgIpc) is 3.11. The Balaban J connectivity index is 1.56. The summed E-state index contributed by atoms with van der Waals surface area (Å²) in [6.07, 6.45) is 6.43. The van der Waals surface area contributed by atoms with E-state index in [4.69, 9.17) is 4.99 Å². The highest BCUT2D eigenvalue weighted by atomic mass is 19.1. The zero-order chi connectivity index (χ0) is 20.6. The van der Waals surface area contributed by atoms with Gasteiger partial charge >= 0.3 is 0 Å². The third-order valence-corrected chi connectivity index (χ3v) is 6.19. The van der Waals surface area contributed by atoms with Crippen LogP contribution in [0.3, 0.4) is 0 Å². The van der Waals surface area contributed by atoms with Gasteiger partial charge in [0.2, 0.25) is 0 Å². The maximum atomic E-state index is 14.8. The summed E-state index contributed by atoms with van der Waals surface area (Å²) >= 11 is 0. The van der Waals surface area contributed by atoms with Gasteiger partial charge in [-0.2, -0.15) is 5.10 Å². The van der Waals surface area contributed by atoms with Gasteiger partial charge in [0, 0.05) is 37.5 Å². The van der Waals surface area contributed by atoms with Crippen molar-refractivity contribution in [3.05, 3.63) is 29.9 Å². The molecule has 0 radical (unpaired) electrons. The highest BCUT2D eigenvalue weighted by Gasteiger charge is 2.30. The highest BCUT2D eigenvalue weighted by Crippen LogP contribution is 2.36. The van der Waals surface area contributed by atoms with E-state index in [-0.39, 0.29) is 5.83 Å². The first-order valence-electron chi connectivity index (χ1n) is 10.8. The number of hydrogen-bond acceptors (Lipinski definition) is 4. The van der Waals surface area contributed by atoms with E-state index in [0.717, 1.165) is 24.3 Å². The van der Waals surface area contributed by atoms with Crippen molar-refractivity contribution in [3.63, 3.8) is 0 Å². The van der Waals surface area contributed by atoms with Gasteiger partial charge in [0.25, 0.3) is 0 Å². The molecule has 29 heavy (non-hydrogen) atoms. The third kappa shape index (κ3) is 4.36. The molecule has 0 amide bonds. The molecule has 2 aliphatic heterocycles. The van der Waals surface area contributed by atoms with Crippen LogP contribution in [-0.2, 0) is 0 Å². The number of nitrogens with zero attached hydrogens (tertiary/aromatic N) is 4. The van der Waals surface area contributed by atoms with Crippen molar-refractivity contribution in [3.8, 4) is 0 Å². The summed E-state index contributed by atoms with van der Waals surface area (Å²) in [6, 6.07) is 3.76. The van der Waals surface area contributed by atoms with Gasteiger partial charge in [0.05, 0.1) is 5.69 Å². The second kappa shape index (κ2) is 7.88. The summed E-state index contributed by atoms with van der Waals surface area (Å²) in [4.78, 5) is 11.4. The number of amidine groups is 1. The van der Waals surface area contributed by atoms with E-state index >= 15 is 0 Å². The number of fused-ring (bicyclic) bond motifs is 1. The summed E-state index contributed by atoms with van der Waals surface area (Å²) in [7, 11) is 0. The van der Waals surface area contributed by atoms with Crippen molar-refractivity contribution < 1.29 is 4.39 Å². The molecular formula is C23H32FN5. The van der Waals surface area contributed by atoms with Gasteiger partial charge in [-0.3, -0.25) is 5.10 Å². The van der Waals surface area contributed by atoms with Crippen LogP contribution >= 0.6 is 0 Å². The molecule has 2 atom stereocenters. The number of hydrogen-bond donors (Lipinski definition) is 1. The smallest absolute Gasteiger partial charge is 0.181 e. The summed E-state index contributed by atoms with van der Waals surface area (Å²) in [5.74, 6) is 2.19. The molecule has 0 saturated carbocycles. The Morgan fingerprint density at radius 1 is 1.31 bits per heavy atom. The largest absolute Gasteiger partial charge is 0.360 e. The van der Waals surface area contributed by atoms with Gasteiger partial charge in [-0.25, -0.2) is 14.4 Å². The zero-order valence-electron chi connectivity index (χ0n) is 18.0. The minimum atomic E-state index is -0.169. The SMILES string of the molecule is CC(CC(C)(C)C)C1CCCN(C2=NC(c3[nH]nc4ncccc34)=C(F)CC2)C1. The van der Waals surface area contributed by atoms with Crippen LogP contribution in [0.4, 0.5) is 4.39 Å². The first kappa shape index (κ1) is 20.0. The van der Waals surface area contributed by atoms with Crippen molar-refractivity contribution in [1.29, 1.82) is 0 Å². The molecule has 4 heterocycles. The molecule has 2 aromatic heterocycles. The predicted molar refractivity (Wildman–Crippen MR) is 116 cm³/mol. The molecule has 1 fully saturated rings. The first-order chi connectivity index (χ1) is 13.8. The number of aliphatic imine (C=N–C) groups is 1. The number of aromatic amines is 1. The van der Waals surface area contributed by atoms with Crippen molar-refractivity contribution in [2.45, 2.75) is 59.8 Å². The molecule has 2 aromatic rings. The molecule has 0 aliphatic carbocycles. The Morgan fingerprint density at radius 3 is 2.93 bits per heavy atom. The molecule has 0 spiro atoms. The van der Waals surface area contributed by atoms with Crippen molar-refractivity contribution >= 4 is 22.6 Å². The first-order valence-corrected chi connectivity index (χ1v) is 10.8. The Hall–Kier alpha value is -2.24. The van der Waals surface area contributed by atoms with Crippen LogP contribution in [0, 0.1) is 17.3 Å². The molecule has 2 aliphatic rings. The fourth-order valence-electron chi connectivity index (χ4n) is 4.88. The Morgan fingerprint density at radius 2 is 2.14 bits per heavy atom. The van der Waals surface area contributed by atoms with Crippen LogP contribution in [0.1, 0.15) is 65.5 Å². The van der Waals surface area contributed by atoms with Gasteiger partial charge in [-0.05, 0) is 48.6 Å². The van der Waals surface area contributed by atoms with E-state index in [2.05, 4.69) is 47.8 Å². The van der Waals surface area contributed by atoms with Gasteiger partial charge in [-0.15, -0.1) is 0 Å². The Bertz CT molecular complexity index is 936. The van der Waals surface area contributed by atoms with Gasteiger partial charge in [-0.1, -0.05) is 27.7 Å². The number of aromatic nitrogens is 3. The number of rotatable bonds is 3. The summed E-state index contributed by atoms with van der Waals surface area (Å²) < 4.78 is 14.8. The number of likely N-dealkylation sites (tertiary alicyclic amines) is 1. The normalized spacial score (nSPS) is 22.2. The van der Waals surface area contributed by atoms with Crippen LogP contribution in [0.25, 0.3) is 16.7 Å². The molecule has 0 bridgehead atoms. The summed E-state index contributed by atoms with van der Waals surface area (Å²) in [5, 5.41) is 7.99. The van der Waals surface area contributed by atoms with Crippen molar-refractivity contribution in [2.75, 3.05) is 13.1 Å². The van der Waals surface area contributed by atoms with Crippen LogP contribution in [0.15, 0.2) is 29.1 Å². The number of halogens is 1. The average molecular weight is 398 g/mol. The van der Waals surface area contributed by atoms with Crippen LogP contribution in [-0.4, -0.2) is 39.0 Å². The molecule has 156 valence electrons. The fraction of sp³-hybridized carbons (Fsp3) is 0.609. The van der Waals surface area contributed by atoms with Crippen LogP contribution in [0.2, 0.25) is 0 Å². The van der Waals surface area contributed by atoms with Gasteiger partial charge < -0.3 is 4.90 Å². The van der Waals surface area contributed by atoms with Gasteiger partial charge in [0.15, 0.2) is 5.65 Å². The number of H-pyrrole nitrogens is 1. The molecular weight excluding hydrogens is 365 g/mol. The molecule has 0 aromatic carbocycles. The second-order valence-corrected chi connectivity index (χ2v) is 9.85. The zero-order valence-corrected chi connectivity index (χ0v) is 18.0. The minimum Gasteiger partial charge on any atom is -0.360 e. The quantitative estimate of drug-likeness (QED) is 0.736. The lowest BCUT2D eigenvalue weighted by Crippen LogP contribution is -2.42. The van der Waals surface area contributed by atoms with E-state index in [0.29, 0.717) is 47.1 Å². The number of piperidine rings is 1. The maximum absolute atomic E-state index is 14.8. The van der Waals surface area contributed by atoms with Crippen molar-refractivity contribution in [2.24, 2.45) is 22.2 Å². The molecule has 4 rings (SSSR count). The maximum Gasteiger partial charge on any atom is 0.181 e. The predicted octanol–water partition coefficient (Wildman–Crippen LogP) is 5.57. The molecule has 6 heteroatoms. The van der Waals surface area contributed by atoms with E-state index in [9.17, 15) is 4.39 Å². The highest BCUT2D eigenvalue weighted by molar-refractivity contribution is 5.95. The third-order valence-electron chi connectivity index (χ3n) is 6.19.